The van der Waals surface area contributed by atoms with Crippen LogP contribution >= 0.6 is 11.8 Å². The Balaban J connectivity index is 2.09. The van der Waals surface area contributed by atoms with E-state index in [0.29, 0.717) is 22.9 Å². The highest BCUT2D eigenvalue weighted by molar-refractivity contribution is 7.98. The van der Waals surface area contributed by atoms with Gasteiger partial charge in [-0.25, -0.2) is 15.0 Å². The highest BCUT2D eigenvalue weighted by Gasteiger charge is 2.13. The van der Waals surface area contributed by atoms with E-state index in [1.165, 1.54) is 0 Å². The van der Waals surface area contributed by atoms with Crippen LogP contribution in [0.25, 0.3) is 22.7 Å². The number of ether oxygens (including phenoxy) is 1. The first-order chi connectivity index (χ1) is 10.3. The van der Waals surface area contributed by atoms with Crippen molar-refractivity contribution in [2.45, 2.75) is 4.90 Å². The molecule has 0 spiro atoms. The molecule has 2 aromatic heterocycles. The molecule has 3 aromatic rings. The Morgan fingerprint density at radius 2 is 2.19 bits per heavy atom. The number of nitrogens with zero attached hydrogens (tertiary/aromatic N) is 4. The lowest BCUT2D eigenvalue weighted by molar-refractivity contribution is 0.368. The molecule has 21 heavy (non-hydrogen) atoms. The molecule has 0 saturated heterocycles. The van der Waals surface area contributed by atoms with Crippen molar-refractivity contribution in [2.75, 3.05) is 12.9 Å². The summed E-state index contributed by atoms with van der Waals surface area (Å²) in [5.74, 6) is 1.24. The van der Waals surface area contributed by atoms with Gasteiger partial charge < -0.3 is 9.72 Å². The lowest BCUT2D eigenvalue weighted by Gasteiger charge is -2.08. The Bertz CT molecular complexity index is 791. The van der Waals surface area contributed by atoms with Crippen LogP contribution in [0.1, 0.15) is 0 Å². The fraction of sp³-hybridized carbons (Fsp3) is 0.143. The van der Waals surface area contributed by atoms with Gasteiger partial charge in [-0.2, -0.15) is 5.26 Å². The zero-order valence-electron chi connectivity index (χ0n) is 11.2. The number of rotatable bonds is 4. The van der Waals surface area contributed by atoms with Gasteiger partial charge in [-0.05, 0) is 24.5 Å². The fourth-order valence-corrected chi connectivity index (χ4v) is 2.36. The monoisotopic (exact) mass is 297 g/mol. The number of nitrogens with one attached hydrogen (secondary N) is 1. The molecule has 7 heteroatoms. The topological polar surface area (TPSA) is 87.5 Å². The molecule has 104 valence electrons. The van der Waals surface area contributed by atoms with Crippen LogP contribution in [0.3, 0.4) is 0 Å². The van der Waals surface area contributed by atoms with Gasteiger partial charge in [-0.15, -0.1) is 11.8 Å². The summed E-state index contributed by atoms with van der Waals surface area (Å²) in [5, 5.41) is 8.71. The standard InChI is InChI=1S/C14H11N5OS/c1-21-9-2-3-10(11(8-9)20-7-4-15)12-18-13-14(19-12)17-6-5-16-13/h2-3,5-6,8H,7H2,1H3,(H,16,17,18,19). The average Bonchev–Trinajstić information content (AvgIpc) is 2.96. The maximum atomic E-state index is 8.71. The predicted octanol–water partition coefficient (Wildman–Crippen LogP) is 2.64. The second-order valence-corrected chi connectivity index (χ2v) is 5.00. The van der Waals surface area contributed by atoms with Crippen LogP contribution < -0.4 is 4.74 Å². The molecule has 1 N–H and O–H groups in total. The molecular formula is C14H11N5OS. The smallest absolute Gasteiger partial charge is 0.197 e. The Kier molecular flexibility index (Phi) is 3.71. The van der Waals surface area contributed by atoms with Gasteiger partial charge in [0.05, 0.1) is 5.56 Å². The minimum Gasteiger partial charge on any atom is -0.478 e. The summed E-state index contributed by atoms with van der Waals surface area (Å²) in [6, 6.07) is 7.76. The van der Waals surface area contributed by atoms with Gasteiger partial charge in [0.1, 0.15) is 17.6 Å². The number of hydrogen-bond donors (Lipinski definition) is 1. The number of aromatic amines is 1. The summed E-state index contributed by atoms with van der Waals surface area (Å²) < 4.78 is 5.50. The first-order valence-electron chi connectivity index (χ1n) is 6.16. The van der Waals surface area contributed by atoms with E-state index in [0.717, 1.165) is 10.5 Å². The number of imidazole rings is 1. The molecule has 0 unspecified atom stereocenters. The van der Waals surface area contributed by atoms with Gasteiger partial charge in [-0.3, -0.25) is 0 Å². The number of nitriles is 1. The van der Waals surface area contributed by atoms with Crippen molar-refractivity contribution in [3.63, 3.8) is 0 Å². The average molecular weight is 297 g/mol. The Morgan fingerprint density at radius 1 is 1.33 bits per heavy atom. The van der Waals surface area contributed by atoms with Crippen LogP contribution in [0.15, 0.2) is 35.5 Å². The molecule has 2 heterocycles. The minimum atomic E-state index is -0.0123. The Labute approximate surface area is 125 Å². The van der Waals surface area contributed by atoms with Crippen LogP contribution in [0, 0.1) is 11.3 Å². The summed E-state index contributed by atoms with van der Waals surface area (Å²) in [7, 11) is 0. The van der Waals surface area contributed by atoms with Gasteiger partial charge in [0.15, 0.2) is 17.9 Å². The molecule has 1 aromatic carbocycles. The van der Waals surface area contributed by atoms with Crippen LogP contribution in [-0.4, -0.2) is 32.8 Å². The van der Waals surface area contributed by atoms with Crippen molar-refractivity contribution in [3.8, 4) is 23.2 Å². The third kappa shape index (κ3) is 2.66. The Hall–Kier alpha value is -2.59. The molecule has 0 radical (unpaired) electrons. The number of thioether (sulfide) groups is 1. The molecule has 0 bridgehead atoms. The van der Waals surface area contributed by atoms with E-state index in [1.807, 2.05) is 30.5 Å². The van der Waals surface area contributed by atoms with Crippen LogP contribution in [0.4, 0.5) is 0 Å². The van der Waals surface area contributed by atoms with Crippen LogP contribution in [0.2, 0.25) is 0 Å². The molecule has 0 fully saturated rings. The van der Waals surface area contributed by atoms with Crippen molar-refractivity contribution in [3.05, 3.63) is 30.6 Å². The summed E-state index contributed by atoms with van der Waals surface area (Å²) in [5.41, 5.74) is 1.95. The number of H-pyrrole nitrogens is 1. The predicted molar refractivity (Wildman–Crippen MR) is 80.0 cm³/mol. The molecule has 0 aliphatic rings. The first kappa shape index (κ1) is 13.4. The molecule has 0 amide bonds. The summed E-state index contributed by atoms with van der Waals surface area (Å²) in [6.45, 7) is -0.0123. The maximum absolute atomic E-state index is 8.71. The zero-order valence-corrected chi connectivity index (χ0v) is 12.0. The largest absolute Gasteiger partial charge is 0.478 e. The molecule has 6 nitrogen and oxygen atoms in total. The molecular weight excluding hydrogens is 286 g/mol. The van der Waals surface area contributed by atoms with Gasteiger partial charge in [0.25, 0.3) is 0 Å². The fourth-order valence-electron chi connectivity index (χ4n) is 1.93. The van der Waals surface area contributed by atoms with E-state index in [-0.39, 0.29) is 6.61 Å². The molecule has 3 rings (SSSR count). The number of hydrogen-bond acceptors (Lipinski definition) is 6. The second kappa shape index (κ2) is 5.81. The summed E-state index contributed by atoms with van der Waals surface area (Å²) in [6.07, 6.45) is 5.18. The van der Waals surface area contributed by atoms with Crippen molar-refractivity contribution in [1.29, 1.82) is 5.26 Å². The van der Waals surface area contributed by atoms with Crippen LogP contribution in [0.5, 0.6) is 5.75 Å². The number of benzene rings is 1. The van der Waals surface area contributed by atoms with E-state index in [1.54, 1.807) is 24.2 Å². The normalized spacial score (nSPS) is 10.5. The minimum absolute atomic E-state index is 0.0123. The third-order valence-electron chi connectivity index (χ3n) is 2.87. The third-order valence-corrected chi connectivity index (χ3v) is 3.59. The maximum Gasteiger partial charge on any atom is 0.197 e. The van der Waals surface area contributed by atoms with Crippen molar-refractivity contribution in [1.82, 2.24) is 19.9 Å². The van der Waals surface area contributed by atoms with E-state index in [4.69, 9.17) is 10.00 Å². The lowest BCUT2D eigenvalue weighted by Crippen LogP contribution is -1.96. The van der Waals surface area contributed by atoms with Gasteiger partial charge in [0.2, 0.25) is 0 Å². The van der Waals surface area contributed by atoms with E-state index in [9.17, 15) is 0 Å². The highest BCUT2D eigenvalue weighted by Crippen LogP contribution is 2.32. The van der Waals surface area contributed by atoms with Crippen molar-refractivity contribution < 1.29 is 4.74 Å². The second-order valence-electron chi connectivity index (χ2n) is 4.12. The van der Waals surface area contributed by atoms with Crippen LogP contribution in [-0.2, 0) is 0 Å². The Morgan fingerprint density at radius 3 is 2.95 bits per heavy atom. The summed E-state index contributed by atoms with van der Waals surface area (Å²) in [4.78, 5) is 16.9. The molecule has 0 atom stereocenters. The SMILES string of the molecule is CSc1ccc(-c2nc3nccnc3[nH]2)c(OCC#N)c1. The zero-order chi connectivity index (χ0) is 14.7. The number of fused-ring (bicyclic) bond motifs is 1. The quantitative estimate of drug-likeness (QED) is 0.745. The lowest BCUT2D eigenvalue weighted by atomic mass is 10.2. The molecule has 0 aliphatic heterocycles. The van der Waals surface area contributed by atoms with Gasteiger partial charge >= 0.3 is 0 Å². The first-order valence-corrected chi connectivity index (χ1v) is 7.39. The number of aromatic nitrogens is 4. The molecule has 0 aliphatic carbocycles. The summed E-state index contributed by atoms with van der Waals surface area (Å²) >= 11 is 1.61. The highest BCUT2D eigenvalue weighted by atomic mass is 32.2. The van der Waals surface area contributed by atoms with E-state index in [2.05, 4.69) is 19.9 Å². The van der Waals surface area contributed by atoms with Crippen molar-refractivity contribution in [2.24, 2.45) is 0 Å². The van der Waals surface area contributed by atoms with Crippen molar-refractivity contribution >= 4 is 23.1 Å². The van der Waals surface area contributed by atoms with Gasteiger partial charge in [0, 0.05) is 17.3 Å². The van der Waals surface area contributed by atoms with E-state index >= 15 is 0 Å². The van der Waals surface area contributed by atoms with E-state index < -0.39 is 0 Å². The molecule has 0 saturated carbocycles. The van der Waals surface area contributed by atoms with Gasteiger partial charge in [-0.1, -0.05) is 0 Å².